The lowest BCUT2D eigenvalue weighted by Crippen LogP contribution is -2.46. The lowest BCUT2D eigenvalue weighted by molar-refractivity contribution is -0.123. The first kappa shape index (κ1) is 60.5. The number of aliphatic hydroxyl groups is 1. The van der Waals surface area contributed by atoms with Crippen molar-refractivity contribution in [1.82, 2.24) is 5.32 Å². The van der Waals surface area contributed by atoms with E-state index in [1.165, 1.54) is 231 Å². The van der Waals surface area contributed by atoms with Gasteiger partial charge in [-0.05, 0) is 12.8 Å². The maximum absolute atomic E-state index is 12.8. The van der Waals surface area contributed by atoms with Gasteiger partial charge in [-0.1, -0.05) is 277 Å². The number of nitrogens with two attached hydrogens (primary N) is 1. The molecule has 0 heterocycles. The summed E-state index contributed by atoms with van der Waals surface area (Å²) in [6, 6.07) is -0.768. The molecule has 0 fully saturated rings. The second-order valence-electron chi connectivity index (χ2n) is 18.8. The fourth-order valence-corrected chi connectivity index (χ4v) is 9.37. The number of amides is 1. The van der Waals surface area contributed by atoms with Crippen LogP contribution in [0.5, 0.6) is 0 Å². The Kier molecular flexibility index (Phi) is 48.5. The molecule has 0 aromatic rings. The summed E-state index contributed by atoms with van der Waals surface area (Å²) in [5.74, 6) is -0.154. The molecule has 0 saturated carbocycles. The fraction of sp³-hybridized carbons (Fsp3) is 0.981. The Morgan fingerprint density at radius 3 is 1.05 bits per heavy atom. The highest BCUT2D eigenvalue weighted by atomic mass is 31.2. The minimum Gasteiger partial charge on any atom is -0.391 e. The van der Waals surface area contributed by atoms with Crippen LogP contribution in [0.15, 0.2) is 0 Å². The molecule has 0 rings (SSSR count). The van der Waals surface area contributed by atoms with Crippen LogP contribution in [0, 0.1) is 0 Å². The van der Waals surface area contributed by atoms with Gasteiger partial charge in [-0.15, -0.1) is 0 Å². The SMILES string of the molecule is CCCCCCCCCCCCCCCCCCCCCCCCCCCCCCCC(=O)N[C@@H](COP(=O)(O)OCCN)[C@H](O)CCCCCCCCCCCCCCC. The van der Waals surface area contributed by atoms with E-state index in [4.69, 9.17) is 14.8 Å². The van der Waals surface area contributed by atoms with Gasteiger partial charge >= 0.3 is 7.82 Å². The molecule has 0 aromatic heterocycles. The number of phosphoric ester groups is 1. The van der Waals surface area contributed by atoms with Crippen molar-refractivity contribution in [2.24, 2.45) is 5.73 Å². The lowest BCUT2D eigenvalue weighted by Gasteiger charge is -2.25. The number of nitrogens with one attached hydrogen (secondary N) is 1. The molecule has 61 heavy (non-hydrogen) atoms. The lowest BCUT2D eigenvalue weighted by atomic mass is 10.0. The van der Waals surface area contributed by atoms with Gasteiger partial charge in [0.25, 0.3) is 0 Å². The van der Waals surface area contributed by atoms with E-state index >= 15 is 0 Å². The summed E-state index contributed by atoms with van der Waals surface area (Å²) in [7, 11) is -4.31. The molecule has 0 aromatic carbocycles. The first-order valence-corrected chi connectivity index (χ1v) is 28.6. The zero-order valence-corrected chi connectivity index (χ0v) is 41.8. The normalized spacial score (nSPS) is 13.7. The standard InChI is InChI=1S/C52H107N2O6P/c1-3-5-7-9-11-13-15-17-18-19-20-21-22-23-24-25-26-27-28-29-30-31-32-34-36-38-40-42-44-46-52(56)54-50(49-60-61(57,58)59-48-47-53)51(55)45-43-41-39-37-35-33-16-14-12-10-8-6-4-2/h50-51,55H,3-49,53H2,1-2H3,(H,54,56)(H,57,58)/t50-,51+/m0/s1. The number of rotatable bonds is 52. The van der Waals surface area contributed by atoms with Crippen molar-refractivity contribution in [1.29, 1.82) is 0 Å². The molecule has 0 aliphatic heterocycles. The summed E-state index contributed by atoms with van der Waals surface area (Å²) in [5.41, 5.74) is 5.40. The quantitative estimate of drug-likeness (QED) is 0.0353. The van der Waals surface area contributed by atoms with E-state index in [2.05, 4.69) is 19.2 Å². The van der Waals surface area contributed by atoms with Crippen molar-refractivity contribution in [2.75, 3.05) is 19.8 Å². The Bertz CT molecular complexity index is 926. The average molecular weight is 887 g/mol. The first-order chi connectivity index (χ1) is 29.9. The van der Waals surface area contributed by atoms with E-state index in [0.717, 1.165) is 38.5 Å². The maximum Gasteiger partial charge on any atom is 0.472 e. The summed E-state index contributed by atoms with van der Waals surface area (Å²) in [6.45, 7) is 4.25. The van der Waals surface area contributed by atoms with Gasteiger partial charge in [0.05, 0.1) is 25.4 Å². The van der Waals surface area contributed by atoms with Crippen LogP contribution in [0.3, 0.4) is 0 Å². The molecule has 9 heteroatoms. The number of aliphatic hydroxyl groups excluding tert-OH is 1. The molecule has 0 radical (unpaired) electrons. The molecule has 0 saturated heterocycles. The van der Waals surface area contributed by atoms with Crippen LogP contribution < -0.4 is 11.1 Å². The third-order valence-corrected chi connectivity index (χ3v) is 13.7. The van der Waals surface area contributed by atoms with Crippen molar-refractivity contribution in [2.45, 2.75) is 309 Å². The Hall–Kier alpha value is -0.500. The van der Waals surface area contributed by atoms with Gasteiger partial charge in [0.2, 0.25) is 5.91 Å². The summed E-state index contributed by atoms with van der Waals surface area (Å²) in [5, 5.41) is 13.8. The molecule has 0 spiro atoms. The van der Waals surface area contributed by atoms with E-state index in [9.17, 15) is 19.4 Å². The summed E-state index contributed by atoms with van der Waals surface area (Å²) >= 11 is 0. The van der Waals surface area contributed by atoms with Crippen LogP contribution in [0.2, 0.25) is 0 Å². The van der Waals surface area contributed by atoms with Gasteiger partial charge in [-0.2, -0.15) is 0 Å². The van der Waals surface area contributed by atoms with Crippen molar-refractivity contribution < 1.29 is 28.4 Å². The molecule has 8 nitrogen and oxygen atoms in total. The molecule has 0 aliphatic rings. The monoisotopic (exact) mass is 887 g/mol. The van der Waals surface area contributed by atoms with Crippen molar-refractivity contribution in [3.05, 3.63) is 0 Å². The van der Waals surface area contributed by atoms with Crippen molar-refractivity contribution >= 4 is 13.7 Å². The van der Waals surface area contributed by atoms with Crippen LogP contribution in [-0.4, -0.2) is 47.8 Å². The minimum absolute atomic E-state index is 0.0927. The van der Waals surface area contributed by atoms with E-state index in [0.29, 0.717) is 12.8 Å². The third-order valence-electron chi connectivity index (χ3n) is 12.7. The van der Waals surface area contributed by atoms with Gasteiger partial charge < -0.3 is 21.1 Å². The molecular formula is C52H107N2O6P. The molecule has 1 amide bonds. The van der Waals surface area contributed by atoms with Crippen molar-refractivity contribution in [3.63, 3.8) is 0 Å². The van der Waals surface area contributed by atoms with Gasteiger partial charge in [-0.3, -0.25) is 13.8 Å². The smallest absolute Gasteiger partial charge is 0.391 e. The highest BCUT2D eigenvalue weighted by Crippen LogP contribution is 2.43. The zero-order chi connectivity index (χ0) is 44.6. The third kappa shape index (κ3) is 47.3. The predicted molar refractivity (Wildman–Crippen MR) is 263 cm³/mol. The van der Waals surface area contributed by atoms with Crippen LogP contribution >= 0.6 is 7.82 Å². The molecule has 3 atom stereocenters. The van der Waals surface area contributed by atoms with Crippen LogP contribution in [-0.2, 0) is 18.4 Å². The van der Waals surface area contributed by atoms with Crippen LogP contribution in [0.25, 0.3) is 0 Å². The van der Waals surface area contributed by atoms with E-state index in [1.807, 2.05) is 0 Å². The number of phosphoric acid groups is 1. The number of carbonyl (C=O) groups excluding carboxylic acids is 1. The van der Waals surface area contributed by atoms with Crippen molar-refractivity contribution in [3.8, 4) is 0 Å². The number of hydrogen-bond donors (Lipinski definition) is 4. The second kappa shape index (κ2) is 48.9. The van der Waals surface area contributed by atoms with Gasteiger partial charge in [0, 0.05) is 13.0 Å². The molecule has 5 N–H and O–H groups in total. The number of carbonyl (C=O) groups is 1. The Labute approximate surface area is 380 Å². The minimum atomic E-state index is -4.31. The first-order valence-electron chi connectivity index (χ1n) is 27.2. The Morgan fingerprint density at radius 1 is 0.475 bits per heavy atom. The Morgan fingerprint density at radius 2 is 0.754 bits per heavy atom. The fourth-order valence-electron chi connectivity index (χ4n) is 8.61. The average Bonchev–Trinajstić information content (AvgIpc) is 3.25. The predicted octanol–water partition coefficient (Wildman–Crippen LogP) is 16.1. The summed E-state index contributed by atoms with van der Waals surface area (Å²) in [4.78, 5) is 22.8. The van der Waals surface area contributed by atoms with E-state index in [-0.39, 0.29) is 25.7 Å². The molecule has 1 unspecified atom stereocenters. The molecule has 366 valence electrons. The number of unbranched alkanes of at least 4 members (excludes halogenated alkanes) is 40. The molecule has 0 aliphatic carbocycles. The van der Waals surface area contributed by atoms with Crippen LogP contribution in [0.1, 0.15) is 296 Å². The largest absolute Gasteiger partial charge is 0.472 e. The zero-order valence-electron chi connectivity index (χ0n) is 40.9. The Balaban J connectivity index is 3.84. The second-order valence-corrected chi connectivity index (χ2v) is 20.3. The highest BCUT2D eigenvalue weighted by Gasteiger charge is 2.27. The number of hydrogen-bond acceptors (Lipinski definition) is 6. The van der Waals surface area contributed by atoms with Gasteiger partial charge in [-0.25, -0.2) is 4.57 Å². The molecule has 0 bridgehead atoms. The highest BCUT2D eigenvalue weighted by molar-refractivity contribution is 7.47. The van der Waals surface area contributed by atoms with Gasteiger partial charge in [0.15, 0.2) is 0 Å². The maximum atomic E-state index is 12.8. The summed E-state index contributed by atoms with van der Waals surface area (Å²) in [6.07, 6.45) is 55.8. The van der Waals surface area contributed by atoms with E-state index < -0.39 is 20.0 Å². The molecular weight excluding hydrogens is 780 g/mol. The van der Waals surface area contributed by atoms with E-state index in [1.54, 1.807) is 0 Å². The summed E-state index contributed by atoms with van der Waals surface area (Å²) < 4.78 is 22.3. The topological polar surface area (TPSA) is 131 Å². The van der Waals surface area contributed by atoms with Crippen LogP contribution in [0.4, 0.5) is 0 Å². The van der Waals surface area contributed by atoms with Gasteiger partial charge in [0.1, 0.15) is 0 Å².